The maximum Gasteiger partial charge on any atom is 0.321 e. The van der Waals surface area contributed by atoms with Gasteiger partial charge in [-0.05, 0) is 30.3 Å². The minimum atomic E-state index is -4.08. The van der Waals surface area contributed by atoms with E-state index < -0.39 is 40.9 Å². The maximum atomic E-state index is 13.1. The highest BCUT2D eigenvalue weighted by Gasteiger charge is 2.17. The largest absolute Gasteiger partial charge is 0.497 e. The van der Waals surface area contributed by atoms with Crippen LogP contribution >= 0.6 is 0 Å². The molecule has 144 valence electrons. The van der Waals surface area contributed by atoms with Crippen molar-refractivity contribution in [3.63, 3.8) is 0 Å². The predicted octanol–water partition coefficient (Wildman–Crippen LogP) is 1.29. The summed E-state index contributed by atoms with van der Waals surface area (Å²) in [6, 6.07) is 10.9. The average Bonchev–Trinajstić information content (AvgIpc) is 2.65. The van der Waals surface area contributed by atoms with Crippen LogP contribution in [0.3, 0.4) is 0 Å². The molecular weight excluding hydrogens is 379 g/mol. The van der Waals surface area contributed by atoms with Gasteiger partial charge in [0, 0.05) is 11.8 Å². The van der Waals surface area contributed by atoms with E-state index in [2.05, 4.69) is 5.32 Å². The first-order chi connectivity index (χ1) is 12.8. The van der Waals surface area contributed by atoms with Gasteiger partial charge in [0.25, 0.3) is 5.91 Å². The van der Waals surface area contributed by atoms with Gasteiger partial charge < -0.3 is 14.8 Å². The lowest BCUT2D eigenvalue weighted by molar-refractivity contribution is -0.146. The second-order valence-electron chi connectivity index (χ2n) is 5.22. The van der Waals surface area contributed by atoms with Crippen molar-refractivity contribution in [2.45, 2.75) is 4.90 Å². The Labute approximate surface area is 155 Å². The van der Waals surface area contributed by atoms with E-state index in [1.165, 1.54) is 19.2 Å². The third-order valence-electron chi connectivity index (χ3n) is 3.23. The number of ether oxygens (including phenoxy) is 2. The van der Waals surface area contributed by atoms with Crippen LogP contribution < -0.4 is 14.8 Å². The van der Waals surface area contributed by atoms with Crippen LogP contribution in [0.4, 0.5) is 10.1 Å². The number of anilines is 1. The highest BCUT2D eigenvalue weighted by molar-refractivity contribution is 7.89. The Bertz CT molecular complexity index is 933. The highest BCUT2D eigenvalue weighted by atomic mass is 32.2. The van der Waals surface area contributed by atoms with Crippen molar-refractivity contribution in [2.24, 2.45) is 0 Å². The van der Waals surface area contributed by atoms with Crippen molar-refractivity contribution in [1.29, 1.82) is 0 Å². The number of halogens is 1. The normalized spacial score (nSPS) is 10.9. The summed E-state index contributed by atoms with van der Waals surface area (Å²) >= 11 is 0. The highest BCUT2D eigenvalue weighted by Crippen LogP contribution is 2.16. The summed E-state index contributed by atoms with van der Waals surface area (Å²) in [6.45, 7) is -1.30. The summed E-state index contributed by atoms with van der Waals surface area (Å²) in [7, 11) is -2.60. The summed E-state index contributed by atoms with van der Waals surface area (Å²) in [6.07, 6.45) is 0. The van der Waals surface area contributed by atoms with Gasteiger partial charge in [-0.25, -0.2) is 12.8 Å². The van der Waals surface area contributed by atoms with Gasteiger partial charge in [0.15, 0.2) is 6.61 Å². The van der Waals surface area contributed by atoms with E-state index in [1.54, 1.807) is 24.3 Å². The second kappa shape index (κ2) is 9.10. The Balaban J connectivity index is 1.81. The Morgan fingerprint density at radius 1 is 1.11 bits per heavy atom. The molecule has 0 atom stereocenters. The molecule has 1 amide bonds. The maximum absolute atomic E-state index is 13.1. The molecule has 0 radical (unpaired) electrons. The summed E-state index contributed by atoms with van der Waals surface area (Å²) in [5.74, 6) is -1.76. The molecular formula is C17H17FN2O6S. The molecule has 10 heteroatoms. The molecule has 0 bridgehead atoms. The van der Waals surface area contributed by atoms with Crippen LogP contribution in [0.5, 0.6) is 5.75 Å². The number of esters is 1. The van der Waals surface area contributed by atoms with Crippen LogP contribution in [0, 0.1) is 5.82 Å². The first-order valence-electron chi connectivity index (χ1n) is 7.65. The predicted molar refractivity (Wildman–Crippen MR) is 94.2 cm³/mol. The van der Waals surface area contributed by atoms with Gasteiger partial charge in [-0.1, -0.05) is 12.1 Å². The van der Waals surface area contributed by atoms with E-state index in [-0.39, 0.29) is 4.90 Å². The van der Waals surface area contributed by atoms with Crippen molar-refractivity contribution in [2.75, 3.05) is 25.6 Å². The number of benzene rings is 2. The Morgan fingerprint density at radius 2 is 1.85 bits per heavy atom. The molecule has 0 aromatic heterocycles. The molecule has 0 saturated heterocycles. The zero-order valence-electron chi connectivity index (χ0n) is 14.3. The SMILES string of the molecule is COc1cccc(NC(=O)COC(=O)CNS(=O)(=O)c2cccc(F)c2)c1. The first kappa shape index (κ1) is 20.3. The van der Waals surface area contributed by atoms with Gasteiger partial charge in [0.2, 0.25) is 10.0 Å². The van der Waals surface area contributed by atoms with Crippen LogP contribution in [0.1, 0.15) is 0 Å². The number of carbonyl (C=O) groups excluding carboxylic acids is 2. The number of nitrogens with one attached hydrogen (secondary N) is 2. The topological polar surface area (TPSA) is 111 Å². The average molecular weight is 396 g/mol. The molecule has 2 aromatic carbocycles. The van der Waals surface area contributed by atoms with Crippen molar-refractivity contribution in [1.82, 2.24) is 4.72 Å². The molecule has 8 nitrogen and oxygen atoms in total. The van der Waals surface area contributed by atoms with Gasteiger partial charge in [-0.15, -0.1) is 0 Å². The van der Waals surface area contributed by atoms with Gasteiger partial charge >= 0.3 is 5.97 Å². The van der Waals surface area contributed by atoms with Crippen LogP contribution in [-0.4, -0.2) is 40.6 Å². The van der Waals surface area contributed by atoms with Gasteiger partial charge in [0.05, 0.1) is 12.0 Å². The lowest BCUT2D eigenvalue weighted by Gasteiger charge is -2.09. The molecule has 0 heterocycles. The fourth-order valence-electron chi connectivity index (χ4n) is 1.97. The fourth-order valence-corrected chi connectivity index (χ4v) is 2.97. The molecule has 0 unspecified atom stereocenters. The summed E-state index contributed by atoms with van der Waals surface area (Å²) in [5, 5.41) is 2.50. The molecule has 0 saturated carbocycles. The van der Waals surface area contributed by atoms with E-state index in [0.717, 1.165) is 12.1 Å². The van der Waals surface area contributed by atoms with E-state index in [9.17, 15) is 22.4 Å². The molecule has 2 rings (SSSR count). The molecule has 0 aliphatic rings. The van der Waals surface area contributed by atoms with Crippen LogP contribution in [-0.2, 0) is 24.3 Å². The van der Waals surface area contributed by atoms with E-state index in [1.807, 2.05) is 4.72 Å². The van der Waals surface area contributed by atoms with Crippen molar-refractivity contribution < 1.29 is 31.9 Å². The number of hydrogen-bond acceptors (Lipinski definition) is 6. The number of amides is 1. The molecule has 0 fully saturated rings. The second-order valence-corrected chi connectivity index (χ2v) is 6.99. The first-order valence-corrected chi connectivity index (χ1v) is 9.13. The monoisotopic (exact) mass is 396 g/mol. The smallest absolute Gasteiger partial charge is 0.321 e. The minimum Gasteiger partial charge on any atom is -0.497 e. The van der Waals surface area contributed by atoms with Gasteiger partial charge in [-0.3, -0.25) is 9.59 Å². The van der Waals surface area contributed by atoms with Crippen LogP contribution in [0.15, 0.2) is 53.4 Å². The molecule has 27 heavy (non-hydrogen) atoms. The number of sulfonamides is 1. The molecule has 0 aliphatic carbocycles. The van der Waals surface area contributed by atoms with Gasteiger partial charge in [0.1, 0.15) is 18.1 Å². The van der Waals surface area contributed by atoms with E-state index in [0.29, 0.717) is 11.4 Å². The Hall–Kier alpha value is -2.98. The standard InChI is InChI=1S/C17H17FN2O6S/c1-25-14-6-3-5-13(9-14)20-16(21)11-26-17(22)10-19-27(23,24)15-7-2-4-12(18)8-15/h2-9,19H,10-11H2,1H3,(H,20,21). The lowest BCUT2D eigenvalue weighted by atomic mass is 10.3. The third kappa shape index (κ3) is 6.35. The number of carbonyl (C=O) groups is 2. The van der Waals surface area contributed by atoms with Crippen LogP contribution in [0.25, 0.3) is 0 Å². The zero-order valence-corrected chi connectivity index (χ0v) is 15.1. The third-order valence-corrected chi connectivity index (χ3v) is 4.63. The summed E-state index contributed by atoms with van der Waals surface area (Å²) in [5.41, 5.74) is 0.446. The van der Waals surface area contributed by atoms with Crippen molar-refractivity contribution >= 4 is 27.6 Å². The molecule has 0 aliphatic heterocycles. The number of rotatable bonds is 8. The summed E-state index contributed by atoms with van der Waals surface area (Å²) < 4.78 is 48.7. The fraction of sp³-hybridized carbons (Fsp3) is 0.176. The van der Waals surface area contributed by atoms with E-state index in [4.69, 9.17) is 9.47 Å². The Morgan fingerprint density at radius 3 is 2.56 bits per heavy atom. The van der Waals surface area contributed by atoms with Crippen LogP contribution in [0.2, 0.25) is 0 Å². The Kier molecular flexibility index (Phi) is 6.85. The van der Waals surface area contributed by atoms with E-state index >= 15 is 0 Å². The zero-order chi connectivity index (χ0) is 19.9. The minimum absolute atomic E-state index is 0.328. The van der Waals surface area contributed by atoms with Crippen molar-refractivity contribution in [3.8, 4) is 5.75 Å². The molecule has 0 spiro atoms. The van der Waals surface area contributed by atoms with Gasteiger partial charge in [-0.2, -0.15) is 4.72 Å². The molecule has 2 N–H and O–H groups in total. The van der Waals surface area contributed by atoms with Crippen molar-refractivity contribution in [3.05, 3.63) is 54.3 Å². The summed E-state index contributed by atoms with van der Waals surface area (Å²) in [4.78, 5) is 23.1. The molecule has 2 aromatic rings. The number of methoxy groups -OCH3 is 1. The number of hydrogen-bond donors (Lipinski definition) is 2. The lowest BCUT2D eigenvalue weighted by Crippen LogP contribution is -2.32. The quantitative estimate of drug-likeness (QED) is 0.651.